The summed E-state index contributed by atoms with van der Waals surface area (Å²) in [6.07, 6.45) is 18.8. The molecule has 0 heteroatoms. The van der Waals surface area contributed by atoms with Crippen LogP contribution in [0.15, 0.2) is 12.2 Å². The molecule has 0 heterocycles. The van der Waals surface area contributed by atoms with Crippen molar-refractivity contribution >= 4 is 0 Å². The van der Waals surface area contributed by atoms with E-state index in [0.29, 0.717) is 5.41 Å². The number of hydrogen-bond donors (Lipinski definition) is 0. The number of rotatable bonds is 0. The van der Waals surface area contributed by atoms with Crippen LogP contribution < -0.4 is 0 Å². The van der Waals surface area contributed by atoms with E-state index in [1.54, 1.807) is 5.57 Å². The minimum atomic E-state index is 0.633. The van der Waals surface area contributed by atoms with E-state index in [2.05, 4.69) is 6.58 Å². The van der Waals surface area contributed by atoms with Gasteiger partial charge in [0.2, 0.25) is 0 Å². The van der Waals surface area contributed by atoms with Gasteiger partial charge in [0.05, 0.1) is 0 Å². The molecule has 0 aromatic rings. The summed E-state index contributed by atoms with van der Waals surface area (Å²) in [6.45, 7) is 4.38. The van der Waals surface area contributed by atoms with Crippen molar-refractivity contribution in [1.29, 1.82) is 0 Å². The second kappa shape index (κ2) is 5.89. The van der Waals surface area contributed by atoms with Crippen LogP contribution in [-0.2, 0) is 0 Å². The molecule has 2 aliphatic carbocycles. The van der Waals surface area contributed by atoms with Crippen LogP contribution in [-0.4, -0.2) is 0 Å². The molecule has 0 saturated heterocycles. The smallest absolute Gasteiger partial charge is 0.00901 e. The van der Waals surface area contributed by atoms with Crippen molar-refractivity contribution in [3.8, 4) is 0 Å². The Bertz CT molecular complexity index is 222. The summed E-state index contributed by atoms with van der Waals surface area (Å²) in [6, 6.07) is 0. The van der Waals surface area contributed by atoms with Gasteiger partial charge in [0.25, 0.3) is 0 Å². The first-order valence-corrected chi connectivity index (χ1v) is 7.52. The van der Waals surface area contributed by atoms with Gasteiger partial charge in [0, 0.05) is 0 Å². The lowest BCUT2D eigenvalue weighted by Crippen LogP contribution is -2.04. The van der Waals surface area contributed by atoms with Crippen LogP contribution in [0.4, 0.5) is 0 Å². The Morgan fingerprint density at radius 1 is 0.625 bits per heavy atom. The van der Waals surface area contributed by atoms with Crippen molar-refractivity contribution in [2.45, 2.75) is 83.5 Å². The van der Waals surface area contributed by atoms with Gasteiger partial charge in [0.15, 0.2) is 0 Å². The Balaban J connectivity index is 1.80. The fourth-order valence-corrected chi connectivity index (χ4v) is 3.24. The van der Waals surface area contributed by atoms with Gasteiger partial charge in [-0.25, -0.2) is 0 Å². The second-order valence-electron chi connectivity index (χ2n) is 6.07. The van der Waals surface area contributed by atoms with Gasteiger partial charge < -0.3 is 0 Å². The van der Waals surface area contributed by atoms with E-state index in [0.717, 1.165) is 0 Å². The minimum Gasteiger partial charge on any atom is -0.0993 e. The molecule has 2 fully saturated rings. The molecule has 0 radical (unpaired) electrons. The molecule has 92 valence electrons. The lowest BCUT2D eigenvalue weighted by molar-refractivity contribution is 0.479. The lowest BCUT2D eigenvalue weighted by atomic mass is 9.87. The Morgan fingerprint density at radius 2 is 1.12 bits per heavy atom. The highest BCUT2D eigenvalue weighted by atomic mass is 14.5. The quantitative estimate of drug-likeness (QED) is 0.464. The van der Waals surface area contributed by atoms with Crippen molar-refractivity contribution in [2.24, 2.45) is 5.41 Å². The third kappa shape index (κ3) is 3.37. The average Bonchev–Trinajstić information content (AvgIpc) is 3.05. The molecule has 0 nitrogen and oxygen atoms in total. The highest BCUT2D eigenvalue weighted by Gasteiger charge is 2.43. The summed E-state index contributed by atoms with van der Waals surface area (Å²) in [5, 5.41) is 0. The average molecular weight is 220 g/mol. The Kier molecular flexibility index (Phi) is 4.49. The molecular formula is C16H28. The maximum Gasteiger partial charge on any atom is -0.00901 e. The molecule has 0 aliphatic heterocycles. The van der Waals surface area contributed by atoms with Crippen LogP contribution in [0.25, 0.3) is 0 Å². The molecule has 0 aromatic heterocycles. The highest BCUT2D eigenvalue weighted by Crippen LogP contribution is 2.56. The van der Waals surface area contributed by atoms with E-state index in [-0.39, 0.29) is 0 Å². The summed E-state index contributed by atoms with van der Waals surface area (Å²) in [4.78, 5) is 0. The molecule has 16 heavy (non-hydrogen) atoms. The summed E-state index contributed by atoms with van der Waals surface area (Å²) >= 11 is 0. The van der Waals surface area contributed by atoms with Crippen molar-refractivity contribution < 1.29 is 0 Å². The zero-order valence-electron chi connectivity index (χ0n) is 10.9. The third-order valence-electron chi connectivity index (χ3n) is 4.74. The van der Waals surface area contributed by atoms with Crippen LogP contribution in [0, 0.1) is 5.41 Å². The van der Waals surface area contributed by atoms with E-state index >= 15 is 0 Å². The minimum absolute atomic E-state index is 0.633. The van der Waals surface area contributed by atoms with E-state index in [4.69, 9.17) is 0 Å². The van der Waals surface area contributed by atoms with Gasteiger partial charge in [-0.3, -0.25) is 0 Å². The summed E-state index contributed by atoms with van der Waals surface area (Å²) < 4.78 is 0. The monoisotopic (exact) mass is 220 g/mol. The number of allylic oxidation sites excluding steroid dienone is 1. The highest BCUT2D eigenvalue weighted by molar-refractivity contribution is 5.18. The van der Waals surface area contributed by atoms with Crippen molar-refractivity contribution in [3.05, 3.63) is 12.2 Å². The zero-order chi connectivity index (χ0) is 11.3. The van der Waals surface area contributed by atoms with Crippen LogP contribution in [0.3, 0.4) is 0 Å². The van der Waals surface area contributed by atoms with Gasteiger partial charge in [-0.1, -0.05) is 63.5 Å². The first-order valence-electron chi connectivity index (χ1n) is 7.52. The third-order valence-corrected chi connectivity index (χ3v) is 4.74. The predicted octanol–water partition coefficient (Wildman–Crippen LogP) is 5.63. The molecule has 0 bridgehead atoms. The van der Waals surface area contributed by atoms with E-state index in [9.17, 15) is 0 Å². The lowest BCUT2D eigenvalue weighted by Gasteiger charge is -2.18. The molecule has 0 atom stereocenters. The second-order valence-corrected chi connectivity index (χ2v) is 6.07. The maximum absolute atomic E-state index is 4.38. The van der Waals surface area contributed by atoms with E-state index < -0.39 is 0 Å². The van der Waals surface area contributed by atoms with Gasteiger partial charge in [-0.15, -0.1) is 0 Å². The van der Waals surface area contributed by atoms with Gasteiger partial charge in [-0.05, 0) is 37.5 Å². The van der Waals surface area contributed by atoms with Crippen LogP contribution in [0.2, 0.25) is 0 Å². The first-order chi connectivity index (χ1) is 7.83. The Labute approximate surface area is 102 Å². The Hall–Kier alpha value is -0.260. The largest absolute Gasteiger partial charge is 0.0993 e. The summed E-state index contributed by atoms with van der Waals surface area (Å²) in [7, 11) is 0. The van der Waals surface area contributed by atoms with Gasteiger partial charge in [-0.2, -0.15) is 0 Å². The zero-order valence-corrected chi connectivity index (χ0v) is 10.9. The van der Waals surface area contributed by atoms with Crippen molar-refractivity contribution in [2.75, 3.05) is 0 Å². The van der Waals surface area contributed by atoms with E-state index in [1.165, 1.54) is 83.5 Å². The molecule has 0 N–H and O–H groups in total. The summed E-state index contributed by atoms with van der Waals surface area (Å²) in [5.74, 6) is 0. The molecule has 2 saturated carbocycles. The van der Waals surface area contributed by atoms with Gasteiger partial charge in [0.1, 0.15) is 0 Å². The number of hydrogen-bond acceptors (Lipinski definition) is 0. The molecule has 2 rings (SSSR count). The molecule has 2 aliphatic rings. The predicted molar refractivity (Wildman–Crippen MR) is 71.6 cm³/mol. The van der Waals surface area contributed by atoms with Gasteiger partial charge >= 0.3 is 0 Å². The van der Waals surface area contributed by atoms with E-state index in [1.807, 2.05) is 0 Å². The molecule has 0 unspecified atom stereocenters. The Morgan fingerprint density at radius 3 is 1.69 bits per heavy atom. The van der Waals surface area contributed by atoms with Crippen LogP contribution in [0.1, 0.15) is 83.5 Å². The molecule has 1 spiro atoms. The fraction of sp³-hybridized carbons (Fsp3) is 0.875. The van der Waals surface area contributed by atoms with Crippen molar-refractivity contribution in [1.82, 2.24) is 0 Å². The SMILES string of the molecule is C=C1CCCCCCCCCCCC12CC2. The first kappa shape index (κ1) is 12.2. The molecule has 0 aromatic carbocycles. The normalized spacial score (nSPS) is 27.9. The molecule has 0 amide bonds. The fourth-order valence-electron chi connectivity index (χ4n) is 3.24. The van der Waals surface area contributed by atoms with Crippen LogP contribution in [0.5, 0.6) is 0 Å². The maximum atomic E-state index is 4.38. The van der Waals surface area contributed by atoms with Crippen molar-refractivity contribution in [3.63, 3.8) is 0 Å². The topological polar surface area (TPSA) is 0 Å². The standard InChI is InChI=1S/C16H28/c1-15-11-9-7-5-3-2-4-6-8-10-12-16(15)13-14-16/h1-14H2. The van der Waals surface area contributed by atoms with Crippen LogP contribution >= 0.6 is 0 Å². The summed E-state index contributed by atoms with van der Waals surface area (Å²) in [5.41, 5.74) is 2.24. The molecular weight excluding hydrogens is 192 g/mol.